The lowest BCUT2D eigenvalue weighted by Gasteiger charge is -2.13. The molecule has 2 rings (SSSR count). The number of carbonyl (C=O) groups excluding carboxylic acids is 1. The predicted octanol–water partition coefficient (Wildman–Crippen LogP) is 3.17. The van der Waals surface area contributed by atoms with Gasteiger partial charge in [-0.1, -0.05) is 6.07 Å². The van der Waals surface area contributed by atoms with E-state index in [0.29, 0.717) is 12.1 Å². The number of rotatable bonds is 4. The highest BCUT2D eigenvalue weighted by Crippen LogP contribution is 2.49. The molecule has 1 saturated carbocycles. The maximum absolute atomic E-state index is 13.1. The smallest absolute Gasteiger partial charge is 0.224 e. The average molecular weight is 253 g/mol. The number of hydrogen-bond donors (Lipinski definition) is 2. The minimum absolute atomic E-state index is 0.0507. The van der Waals surface area contributed by atoms with Gasteiger partial charge in [0.25, 0.3) is 0 Å². The summed E-state index contributed by atoms with van der Waals surface area (Å²) in [5.74, 6) is 0.356. The van der Waals surface area contributed by atoms with Crippen molar-refractivity contribution in [3.8, 4) is 0 Å². The van der Waals surface area contributed by atoms with Gasteiger partial charge in [-0.2, -0.15) is 12.6 Å². The van der Waals surface area contributed by atoms with Crippen LogP contribution in [-0.4, -0.2) is 11.7 Å². The summed E-state index contributed by atoms with van der Waals surface area (Å²) < 4.78 is 13.1. The average Bonchev–Trinajstić information content (AvgIpc) is 3.04. The first-order chi connectivity index (χ1) is 8.04. The lowest BCUT2D eigenvalue weighted by Crippen LogP contribution is -2.18. The van der Waals surface area contributed by atoms with Gasteiger partial charge >= 0.3 is 0 Å². The molecular formula is C13H16FNOS. The fourth-order valence-corrected chi connectivity index (χ4v) is 2.26. The molecule has 92 valence electrons. The molecule has 17 heavy (non-hydrogen) atoms. The Balaban J connectivity index is 2.00. The van der Waals surface area contributed by atoms with E-state index in [-0.39, 0.29) is 17.1 Å². The zero-order valence-corrected chi connectivity index (χ0v) is 10.7. The topological polar surface area (TPSA) is 29.1 Å². The minimum Gasteiger partial charge on any atom is -0.326 e. The van der Waals surface area contributed by atoms with Crippen LogP contribution < -0.4 is 5.32 Å². The quantitative estimate of drug-likeness (QED) is 0.793. The van der Waals surface area contributed by atoms with Crippen molar-refractivity contribution in [2.45, 2.75) is 26.2 Å². The molecule has 0 aromatic heterocycles. The lowest BCUT2D eigenvalue weighted by molar-refractivity contribution is -0.117. The highest BCUT2D eigenvalue weighted by atomic mass is 32.1. The van der Waals surface area contributed by atoms with E-state index in [9.17, 15) is 9.18 Å². The van der Waals surface area contributed by atoms with Crippen LogP contribution >= 0.6 is 12.6 Å². The molecule has 1 N–H and O–H groups in total. The third-order valence-corrected chi connectivity index (χ3v) is 3.97. The zero-order chi connectivity index (χ0) is 12.5. The van der Waals surface area contributed by atoms with Crippen LogP contribution in [0.2, 0.25) is 0 Å². The Bertz CT molecular complexity index is 443. The Morgan fingerprint density at radius 2 is 2.24 bits per heavy atom. The molecule has 0 radical (unpaired) electrons. The molecule has 1 amide bonds. The number of hydrogen-bond acceptors (Lipinski definition) is 2. The second-order valence-electron chi connectivity index (χ2n) is 4.84. The van der Waals surface area contributed by atoms with Crippen LogP contribution in [0.3, 0.4) is 0 Å². The maximum atomic E-state index is 13.1. The molecular weight excluding hydrogens is 237 g/mol. The molecule has 0 atom stereocenters. The fourth-order valence-electron chi connectivity index (χ4n) is 1.83. The minimum atomic E-state index is -0.332. The van der Waals surface area contributed by atoms with Gasteiger partial charge in [0.2, 0.25) is 5.91 Å². The summed E-state index contributed by atoms with van der Waals surface area (Å²) in [6.45, 7) is 1.85. The molecule has 2 nitrogen and oxygen atoms in total. The summed E-state index contributed by atoms with van der Waals surface area (Å²) in [6.07, 6.45) is 2.60. The number of thiol groups is 1. The number of halogens is 1. The molecule has 0 spiro atoms. The molecule has 0 heterocycles. The molecule has 1 aliphatic carbocycles. The van der Waals surface area contributed by atoms with E-state index < -0.39 is 0 Å². The van der Waals surface area contributed by atoms with Gasteiger partial charge in [-0.3, -0.25) is 4.79 Å². The van der Waals surface area contributed by atoms with E-state index in [1.807, 2.05) is 6.92 Å². The number of carbonyl (C=O) groups is 1. The van der Waals surface area contributed by atoms with Crippen molar-refractivity contribution >= 4 is 24.2 Å². The normalized spacial score (nSPS) is 16.6. The summed E-state index contributed by atoms with van der Waals surface area (Å²) in [5, 5.41) is 2.77. The Labute approximate surface area is 106 Å². The van der Waals surface area contributed by atoms with Gasteiger partial charge in [-0.05, 0) is 48.6 Å². The lowest BCUT2D eigenvalue weighted by atomic mass is 10.0. The van der Waals surface area contributed by atoms with E-state index >= 15 is 0 Å². The first kappa shape index (κ1) is 12.4. The highest BCUT2D eigenvalue weighted by Gasteiger charge is 2.42. The van der Waals surface area contributed by atoms with Crippen LogP contribution in [0.25, 0.3) is 0 Å². The Morgan fingerprint density at radius 3 is 2.82 bits per heavy atom. The third kappa shape index (κ3) is 3.00. The molecule has 4 heteroatoms. The van der Waals surface area contributed by atoms with Gasteiger partial charge in [0, 0.05) is 12.1 Å². The van der Waals surface area contributed by atoms with E-state index in [1.54, 1.807) is 6.07 Å². The molecule has 0 bridgehead atoms. The zero-order valence-electron chi connectivity index (χ0n) is 9.79. The van der Waals surface area contributed by atoms with E-state index in [2.05, 4.69) is 17.9 Å². The number of aryl methyl sites for hydroxylation is 1. The second-order valence-corrected chi connectivity index (χ2v) is 5.16. The summed E-state index contributed by atoms with van der Waals surface area (Å²) >= 11 is 4.26. The predicted molar refractivity (Wildman–Crippen MR) is 69.9 cm³/mol. The second kappa shape index (κ2) is 4.69. The van der Waals surface area contributed by atoms with Gasteiger partial charge in [-0.25, -0.2) is 4.39 Å². The van der Waals surface area contributed by atoms with Crippen molar-refractivity contribution in [1.82, 2.24) is 0 Å². The van der Waals surface area contributed by atoms with E-state index in [1.165, 1.54) is 12.1 Å². The van der Waals surface area contributed by atoms with Gasteiger partial charge in [0.15, 0.2) is 0 Å². The fraction of sp³-hybridized carbons (Fsp3) is 0.462. The summed E-state index contributed by atoms with van der Waals surface area (Å²) in [7, 11) is 0. The number of nitrogens with one attached hydrogen (secondary N) is 1. The summed E-state index contributed by atoms with van der Waals surface area (Å²) in [5.41, 5.74) is 1.52. The van der Waals surface area contributed by atoms with Crippen LogP contribution in [0.15, 0.2) is 18.2 Å². The standard InChI is InChI=1S/C13H16FNOS/c1-9-2-3-10(14)6-11(9)15-12(16)7-13(8-17)4-5-13/h2-3,6,17H,4-5,7-8H2,1H3,(H,15,16). The van der Waals surface area contributed by atoms with Crippen molar-refractivity contribution in [2.24, 2.45) is 5.41 Å². The van der Waals surface area contributed by atoms with Gasteiger partial charge in [0.05, 0.1) is 0 Å². The number of anilines is 1. The molecule has 0 unspecified atom stereocenters. The van der Waals surface area contributed by atoms with Gasteiger partial charge < -0.3 is 5.32 Å². The largest absolute Gasteiger partial charge is 0.326 e. The summed E-state index contributed by atoms with van der Waals surface area (Å²) in [6, 6.07) is 4.41. The molecule has 1 aromatic rings. The van der Waals surface area contributed by atoms with Crippen LogP contribution in [-0.2, 0) is 4.79 Å². The van der Waals surface area contributed by atoms with Crippen molar-refractivity contribution in [1.29, 1.82) is 0 Å². The highest BCUT2D eigenvalue weighted by molar-refractivity contribution is 7.80. The number of amides is 1. The van der Waals surface area contributed by atoms with Crippen LogP contribution in [0.4, 0.5) is 10.1 Å². The first-order valence-electron chi connectivity index (χ1n) is 5.72. The molecule has 0 aliphatic heterocycles. The Morgan fingerprint density at radius 1 is 1.53 bits per heavy atom. The van der Waals surface area contributed by atoms with Crippen molar-refractivity contribution in [3.63, 3.8) is 0 Å². The van der Waals surface area contributed by atoms with Crippen molar-refractivity contribution < 1.29 is 9.18 Å². The molecule has 0 saturated heterocycles. The van der Waals surface area contributed by atoms with Crippen molar-refractivity contribution in [2.75, 3.05) is 11.1 Å². The van der Waals surface area contributed by atoms with Crippen molar-refractivity contribution in [3.05, 3.63) is 29.6 Å². The van der Waals surface area contributed by atoms with Crippen LogP contribution in [0.1, 0.15) is 24.8 Å². The van der Waals surface area contributed by atoms with Gasteiger partial charge in [-0.15, -0.1) is 0 Å². The molecule has 1 aliphatic rings. The molecule has 1 aromatic carbocycles. The SMILES string of the molecule is Cc1ccc(F)cc1NC(=O)CC1(CS)CC1. The molecule has 1 fully saturated rings. The number of benzene rings is 1. The van der Waals surface area contributed by atoms with Gasteiger partial charge in [0.1, 0.15) is 5.82 Å². The van der Waals surface area contributed by atoms with Crippen LogP contribution in [0, 0.1) is 18.2 Å². The van der Waals surface area contributed by atoms with Crippen LogP contribution in [0.5, 0.6) is 0 Å². The monoisotopic (exact) mass is 253 g/mol. The van der Waals surface area contributed by atoms with E-state index in [4.69, 9.17) is 0 Å². The first-order valence-corrected chi connectivity index (χ1v) is 6.35. The Kier molecular flexibility index (Phi) is 3.43. The maximum Gasteiger partial charge on any atom is 0.224 e. The Hall–Kier alpha value is -1.03. The summed E-state index contributed by atoms with van der Waals surface area (Å²) in [4.78, 5) is 11.8. The van der Waals surface area contributed by atoms with E-state index in [0.717, 1.165) is 24.2 Å². The third-order valence-electron chi connectivity index (χ3n) is 3.30.